The molecule has 1 N–H and O–H groups in total. The third kappa shape index (κ3) is 2.41. The molecule has 2 aliphatic rings. The molecule has 2 fully saturated rings. The van der Waals surface area contributed by atoms with Crippen molar-refractivity contribution in [3.63, 3.8) is 0 Å². The van der Waals surface area contributed by atoms with Gasteiger partial charge >= 0.3 is 6.03 Å². The second-order valence-corrected chi connectivity index (χ2v) is 7.71. The number of aromatic nitrogens is 1. The number of anilines is 1. The van der Waals surface area contributed by atoms with Crippen molar-refractivity contribution in [2.24, 2.45) is 0 Å². The minimum Gasteiger partial charge on any atom is -0.323 e. The molecule has 0 unspecified atom stereocenters. The lowest BCUT2D eigenvalue weighted by atomic mass is 9.65. The van der Waals surface area contributed by atoms with E-state index in [-0.39, 0.29) is 17.6 Å². The van der Waals surface area contributed by atoms with E-state index >= 15 is 0 Å². The zero-order valence-corrected chi connectivity index (χ0v) is 15.4. The minimum atomic E-state index is -0.978. The van der Waals surface area contributed by atoms with Gasteiger partial charge in [0.05, 0.1) is 11.9 Å². The summed E-state index contributed by atoms with van der Waals surface area (Å²) in [5.74, 6) is -0.761. The Morgan fingerprint density at radius 2 is 1.93 bits per heavy atom. The standard InChI is InChI=1S/C21H15ClFN3O2/c22-17-6-5-14(23)7-16(17)13-8-21(9-13)19(27)26(20(28)25-21)18-11-24-10-12-3-1-2-4-15(12)18/h1-7,10-11,13H,8-9H2,(H,25,28). The number of nitrogens with one attached hydrogen (secondary N) is 1. The van der Waals surface area contributed by atoms with Crippen molar-refractivity contribution in [3.8, 4) is 0 Å². The Hall–Kier alpha value is -2.99. The maximum Gasteiger partial charge on any atom is 0.329 e. The topological polar surface area (TPSA) is 62.3 Å². The second-order valence-electron chi connectivity index (χ2n) is 7.30. The summed E-state index contributed by atoms with van der Waals surface area (Å²) in [6, 6.07) is 11.2. The van der Waals surface area contributed by atoms with Crippen molar-refractivity contribution in [1.29, 1.82) is 0 Å². The van der Waals surface area contributed by atoms with Gasteiger partial charge in [-0.2, -0.15) is 0 Å². The number of benzene rings is 2. The van der Waals surface area contributed by atoms with Crippen LogP contribution in [-0.4, -0.2) is 22.5 Å². The molecule has 1 aliphatic carbocycles. The Kier molecular flexibility index (Phi) is 3.67. The van der Waals surface area contributed by atoms with Crippen molar-refractivity contribution in [2.45, 2.75) is 24.3 Å². The number of carbonyl (C=O) groups is 2. The monoisotopic (exact) mass is 395 g/mol. The van der Waals surface area contributed by atoms with Crippen molar-refractivity contribution >= 4 is 40.0 Å². The molecule has 28 heavy (non-hydrogen) atoms. The minimum absolute atomic E-state index is 0.0851. The molecule has 3 amide bonds. The van der Waals surface area contributed by atoms with Gasteiger partial charge in [0, 0.05) is 22.0 Å². The van der Waals surface area contributed by atoms with Gasteiger partial charge in [-0.3, -0.25) is 9.78 Å². The first-order valence-corrected chi connectivity index (χ1v) is 9.31. The molecule has 3 aromatic rings. The van der Waals surface area contributed by atoms with E-state index in [4.69, 9.17) is 11.6 Å². The van der Waals surface area contributed by atoms with Crippen LogP contribution in [0.4, 0.5) is 14.9 Å². The summed E-state index contributed by atoms with van der Waals surface area (Å²) in [7, 11) is 0. The van der Waals surface area contributed by atoms with E-state index in [1.54, 1.807) is 6.20 Å². The molecule has 0 bridgehead atoms. The Balaban J connectivity index is 1.47. The number of urea groups is 1. The number of carbonyl (C=O) groups excluding carboxylic acids is 2. The average Bonchev–Trinajstić information content (AvgIpc) is 2.93. The van der Waals surface area contributed by atoms with Gasteiger partial charge in [-0.1, -0.05) is 35.9 Å². The van der Waals surface area contributed by atoms with Crippen LogP contribution in [0.2, 0.25) is 5.02 Å². The first kappa shape index (κ1) is 17.1. The summed E-state index contributed by atoms with van der Waals surface area (Å²) in [5.41, 5.74) is 0.151. The van der Waals surface area contributed by atoms with E-state index in [1.165, 1.54) is 29.3 Å². The molecule has 1 aliphatic heterocycles. The molecule has 0 radical (unpaired) electrons. The molecule has 0 atom stereocenters. The molecule has 140 valence electrons. The number of hydrogen-bond donors (Lipinski definition) is 1. The average molecular weight is 396 g/mol. The first-order chi connectivity index (χ1) is 13.5. The zero-order valence-electron chi connectivity index (χ0n) is 14.7. The number of hydrogen-bond acceptors (Lipinski definition) is 3. The molecular formula is C21H15ClFN3O2. The summed E-state index contributed by atoms with van der Waals surface area (Å²) >= 11 is 6.20. The van der Waals surface area contributed by atoms with Gasteiger partial charge in [-0.25, -0.2) is 14.1 Å². The number of fused-ring (bicyclic) bond motifs is 1. The predicted octanol–water partition coefficient (Wildman–Crippen LogP) is 4.40. The number of nitrogens with zero attached hydrogens (tertiary/aromatic N) is 2. The molecule has 2 heterocycles. The molecule has 2 aromatic carbocycles. The summed E-state index contributed by atoms with van der Waals surface area (Å²) in [6.07, 6.45) is 3.99. The number of pyridine rings is 1. The van der Waals surface area contributed by atoms with E-state index in [9.17, 15) is 14.0 Å². The molecular weight excluding hydrogens is 381 g/mol. The normalized spacial score (nSPS) is 23.9. The van der Waals surface area contributed by atoms with Crippen LogP contribution in [0, 0.1) is 5.82 Å². The molecule has 1 saturated heterocycles. The highest BCUT2D eigenvalue weighted by atomic mass is 35.5. The quantitative estimate of drug-likeness (QED) is 0.654. The highest BCUT2D eigenvalue weighted by molar-refractivity contribution is 6.31. The Morgan fingerprint density at radius 1 is 1.14 bits per heavy atom. The van der Waals surface area contributed by atoms with Gasteiger partial charge < -0.3 is 5.32 Å². The fraction of sp³-hybridized carbons (Fsp3) is 0.190. The molecule has 1 spiro atoms. The zero-order chi connectivity index (χ0) is 19.5. The molecule has 1 aromatic heterocycles. The lowest BCUT2D eigenvalue weighted by molar-refractivity contribution is -0.125. The van der Waals surface area contributed by atoms with E-state index in [1.807, 2.05) is 24.3 Å². The van der Waals surface area contributed by atoms with Crippen LogP contribution < -0.4 is 10.2 Å². The van der Waals surface area contributed by atoms with Gasteiger partial charge in [-0.05, 0) is 42.5 Å². The van der Waals surface area contributed by atoms with Crippen molar-refractivity contribution in [1.82, 2.24) is 10.3 Å². The van der Waals surface area contributed by atoms with Crippen LogP contribution in [0.5, 0.6) is 0 Å². The maximum absolute atomic E-state index is 13.6. The van der Waals surface area contributed by atoms with Crippen LogP contribution in [0.3, 0.4) is 0 Å². The predicted molar refractivity (Wildman–Crippen MR) is 104 cm³/mol. The summed E-state index contributed by atoms with van der Waals surface area (Å²) < 4.78 is 13.6. The largest absolute Gasteiger partial charge is 0.329 e. The molecule has 5 rings (SSSR count). The SMILES string of the molecule is O=C1NC2(CC(c3cc(F)ccc3Cl)C2)C(=O)N1c1cncc2ccccc12. The summed E-state index contributed by atoms with van der Waals surface area (Å²) in [5, 5.41) is 4.93. The number of halogens is 2. The third-order valence-corrected chi connectivity index (χ3v) is 5.98. The third-order valence-electron chi connectivity index (χ3n) is 5.64. The number of rotatable bonds is 2. The summed E-state index contributed by atoms with van der Waals surface area (Å²) in [6.45, 7) is 0. The Labute approximate surface area is 165 Å². The lowest BCUT2D eigenvalue weighted by Crippen LogP contribution is -2.56. The highest BCUT2D eigenvalue weighted by Crippen LogP contribution is 2.50. The van der Waals surface area contributed by atoms with Crippen molar-refractivity contribution in [3.05, 3.63) is 71.3 Å². The number of amides is 3. The van der Waals surface area contributed by atoms with Crippen LogP contribution in [0.25, 0.3) is 10.8 Å². The van der Waals surface area contributed by atoms with E-state index < -0.39 is 11.6 Å². The smallest absolute Gasteiger partial charge is 0.323 e. The van der Waals surface area contributed by atoms with Crippen molar-refractivity contribution in [2.75, 3.05) is 4.90 Å². The lowest BCUT2D eigenvalue weighted by Gasteiger charge is -2.43. The van der Waals surface area contributed by atoms with Gasteiger partial charge in [0.1, 0.15) is 11.4 Å². The molecule has 7 heteroatoms. The van der Waals surface area contributed by atoms with E-state index in [0.29, 0.717) is 29.1 Å². The van der Waals surface area contributed by atoms with Crippen LogP contribution in [0.1, 0.15) is 24.3 Å². The maximum atomic E-state index is 13.6. The van der Waals surface area contributed by atoms with Gasteiger partial charge in [-0.15, -0.1) is 0 Å². The second kappa shape index (κ2) is 6.01. The first-order valence-electron chi connectivity index (χ1n) is 8.93. The highest BCUT2D eigenvalue weighted by Gasteiger charge is 2.59. The van der Waals surface area contributed by atoms with Gasteiger partial charge in [0.15, 0.2) is 0 Å². The van der Waals surface area contributed by atoms with Gasteiger partial charge in [0.2, 0.25) is 0 Å². The van der Waals surface area contributed by atoms with Crippen molar-refractivity contribution < 1.29 is 14.0 Å². The van der Waals surface area contributed by atoms with Crippen LogP contribution in [-0.2, 0) is 4.79 Å². The summed E-state index contributed by atoms with van der Waals surface area (Å²) in [4.78, 5) is 31.2. The van der Waals surface area contributed by atoms with E-state index in [2.05, 4.69) is 10.3 Å². The van der Waals surface area contributed by atoms with Gasteiger partial charge in [0.25, 0.3) is 5.91 Å². The fourth-order valence-electron chi connectivity index (χ4n) is 4.22. The van der Waals surface area contributed by atoms with Crippen LogP contribution >= 0.6 is 11.6 Å². The Morgan fingerprint density at radius 3 is 2.75 bits per heavy atom. The molecule has 5 nitrogen and oxygen atoms in total. The fourth-order valence-corrected chi connectivity index (χ4v) is 4.50. The Bertz CT molecular complexity index is 1140. The number of imide groups is 1. The van der Waals surface area contributed by atoms with Crippen LogP contribution in [0.15, 0.2) is 54.9 Å². The molecule has 1 saturated carbocycles. The van der Waals surface area contributed by atoms with E-state index in [0.717, 1.165) is 10.8 Å².